The summed E-state index contributed by atoms with van der Waals surface area (Å²) in [5, 5.41) is 12.1. The molecule has 0 bridgehead atoms. The fraction of sp³-hybridized carbons (Fsp3) is 0.533. The molecule has 0 aliphatic heterocycles. The van der Waals surface area contributed by atoms with Gasteiger partial charge in [-0.25, -0.2) is 13.6 Å². The van der Waals surface area contributed by atoms with Crippen molar-refractivity contribution in [1.82, 2.24) is 5.32 Å². The molecule has 0 saturated heterocycles. The van der Waals surface area contributed by atoms with Crippen LogP contribution in [0.4, 0.5) is 8.78 Å². The summed E-state index contributed by atoms with van der Waals surface area (Å²) in [5.74, 6) is -3.59. The first-order valence-corrected chi connectivity index (χ1v) is 7.12. The van der Waals surface area contributed by atoms with E-state index >= 15 is 0 Å². The molecule has 1 aliphatic carbocycles. The lowest BCUT2D eigenvalue weighted by molar-refractivity contribution is -0.145. The normalized spacial score (nSPS) is 15.8. The zero-order chi connectivity index (χ0) is 15.4. The lowest BCUT2D eigenvalue weighted by Crippen LogP contribution is -2.27. The molecule has 21 heavy (non-hydrogen) atoms. The number of carboxylic acid groups (broad SMARTS) is 1. The van der Waals surface area contributed by atoms with Crippen LogP contribution in [0.5, 0.6) is 5.75 Å². The number of carboxylic acids is 1. The van der Waals surface area contributed by atoms with Gasteiger partial charge in [-0.2, -0.15) is 0 Å². The molecular weight excluding hydrogens is 280 g/mol. The molecule has 2 rings (SSSR count). The van der Waals surface area contributed by atoms with Crippen LogP contribution in [0, 0.1) is 11.6 Å². The molecule has 0 radical (unpaired) electrons. The molecule has 0 aromatic heterocycles. The van der Waals surface area contributed by atoms with E-state index in [9.17, 15) is 13.6 Å². The van der Waals surface area contributed by atoms with Crippen LogP contribution in [0.2, 0.25) is 0 Å². The Balaban J connectivity index is 2.09. The molecule has 1 saturated carbocycles. The molecule has 0 spiro atoms. The Kier molecular flexibility index (Phi) is 5.12. The van der Waals surface area contributed by atoms with Crippen LogP contribution < -0.4 is 10.1 Å². The SMILES string of the molecule is CCCC(Oc1c(F)cc(CNC2CC2)cc1F)C(=O)O. The van der Waals surface area contributed by atoms with Crippen LogP contribution in [0.15, 0.2) is 12.1 Å². The second kappa shape index (κ2) is 6.85. The molecule has 2 N–H and O–H groups in total. The van der Waals surface area contributed by atoms with E-state index in [4.69, 9.17) is 9.84 Å². The molecule has 1 aromatic carbocycles. The van der Waals surface area contributed by atoms with Crippen molar-refractivity contribution in [2.75, 3.05) is 0 Å². The summed E-state index contributed by atoms with van der Waals surface area (Å²) < 4.78 is 32.9. The number of carbonyl (C=O) groups is 1. The van der Waals surface area contributed by atoms with Gasteiger partial charge >= 0.3 is 5.97 Å². The smallest absolute Gasteiger partial charge is 0.344 e. The molecule has 1 aliphatic rings. The Bertz CT molecular complexity index is 495. The summed E-state index contributed by atoms with van der Waals surface area (Å²) in [6, 6.07) is 2.80. The first-order valence-electron chi connectivity index (χ1n) is 7.12. The molecule has 1 aromatic rings. The highest BCUT2D eigenvalue weighted by atomic mass is 19.1. The van der Waals surface area contributed by atoms with E-state index in [-0.39, 0.29) is 6.42 Å². The van der Waals surface area contributed by atoms with Crippen molar-refractivity contribution < 1.29 is 23.4 Å². The number of rotatable bonds is 8. The first kappa shape index (κ1) is 15.7. The van der Waals surface area contributed by atoms with Crippen molar-refractivity contribution in [1.29, 1.82) is 0 Å². The molecule has 0 heterocycles. The summed E-state index contributed by atoms with van der Waals surface area (Å²) in [7, 11) is 0. The molecule has 0 amide bonds. The Hall–Kier alpha value is -1.69. The van der Waals surface area contributed by atoms with Gasteiger partial charge in [-0.1, -0.05) is 13.3 Å². The van der Waals surface area contributed by atoms with E-state index in [1.807, 2.05) is 0 Å². The van der Waals surface area contributed by atoms with Crippen molar-refractivity contribution in [3.63, 3.8) is 0 Å². The van der Waals surface area contributed by atoms with Crippen LogP contribution in [-0.2, 0) is 11.3 Å². The average molecular weight is 299 g/mol. The highest BCUT2D eigenvalue weighted by Gasteiger charge is 2.24. The molecule has 1 unspecified atom stereocenters. The van der Waals surface area contributed by atoms with Crippen molar-refractivity contribution in [2.24, 2.45) is 0 Å². The van der Waals surface area contributed by atoms with Crippen molar-refractivity contribution in [3.05, 3.63) is 29.3 Å². The van der Waals surface area contributed by atoms with E-state index in [0.717, 1.165) is 12.8 Å². The number of nitrogens with one attached hydrogen (secondary N) is 1. The van der Waals surface area contributed by atoms with Gasteiger partial charge in [0.2, 0.25) is 0 Å². The standard InChI is InChI=1S/C15H19F2NO3/c1-2-3-13(15(19)20)21-14-11(16)6-9(7-12(14)17)8-18-10-4-5-10/h6-7,10,13,18H,2-5,8H2,1H3,(H,19,20). The van der Waals surface area contributed by atoms with E-state index < -0.39 is 29.5 Å². The monoisotopic (exact) mass is 299 g/mol. The van der Waals surface area contributed by atoms with Gasteiger partial charge in [0.1, 0.15) is 0 Å². The Morgan fingerprint density at radius 1 is 1.43 bits per heavy atom. The van der Waals surface area contributed by atoms with Gasteiger partial charge in [0, 0.05) is 12.6 Å². The number of hydrogen-bond acceptors (Lipinski definition) is 3. The van der Waals surface area contributed by atoms with E-state index in [1.54, 1.807) is 6.92 Å². The maximum Gasteiger partial charge on any atom is 0.344 e. The maximum absolute atomic E-state index is 13.9. The quantitative estimate of drug-likeness (QED) is 0.775. The number of aliphatic carboxylic acids is 1. The second-order valence-electron chi connectivity index (χ2n) is 5.28. The average Bonchev–Trinajstić information content (AvgIpc) is 3.23. The van der Waals surface area contributed by atoms with Crippen LogP contribution in [-0.4, -0.2) is 23.2 Å². The fourth-order valence-electron chi connectivity index (χ4n) is 2.01. The van der Waals surface area contributed by atoms with Gasteiger partial charge in [-0.05, 0) is 37.0 Å². The van der Waals surface area contributed by atoms with Gasteiger partial charge in [0.25, 0.3) is 0 Å². The van der Waals surface area contributed by atoms with Gasteiger partial charge in [0.15, 0.2) is 23.5 Å². The number of hydrogen-bond donors (Lipinski definition) is 2. The molecule has 1 atom stereocenters. The third-order valence-electron chi connectivity index (χ3n) is 3.32. The summed E-state index contributed by atoms with van der Waals surface area (Å²) >= 11 is 0. The predicted octanol–water partition coefficient (Wildman–Crippen LogP) is 2.85. The highest BCUT2D eigenvalue weighted by Crippen LogP contribution is 2.26. The van der Waals surface area contributed by atoms with Crippen molar-refractivity contribution in [3.8, 4) is 5.75 Å². The minimum absolute atomic E-state index is 0.194. The number of halogens is 2. The Morgan fingerprint density at radius 2 is 2.05 bits per heavy atom. The van der Waals surface area contributed by atoms with Crippen LogP contribution in [0.3, 0.4) is 0 Å². The third kappa shape index (κ3) is 4.39. The first-order chi connectivity index (χ1) is 10.0. The number of benzene rings is 1. The van der Waals surface area contributed by atoms with Crippen molar-refractivity contribution in [2.45, 2.75) is 51.3 Å². The minimum Gasteiger partial charge on any atom is -0.479 e. The zero-order valence-corrected chi connectivity index (χ0v) is 11.9. The predicted molar refractivity (Wildman–Crippen MR) is 73.2 cm³/mol. The molecule has 6 heteroatoms. The van der Waals surface area contributed by atoms with Gasteiger partial charge in [-0.15, -0.1) is 0 Å². The summed E-state index contributed by atoms with van der Waals surface area (Å²) in [6.07, 6.45) is 1.67. The topological polar surface area (TPSA) is 58.6 Å². The lowest BCUT2D eigenvalue weighted by Gasteiger charge is -2.16. The molecular formula is C15H19F2NO3. The van der Waals surface area contributed by atoms with E-state index in [0.29, 0.717) is 24.6 Å². The third-order valence-corrected chi connectivity index (χ3v) is 3.32. The van der Waals surface area contributed by atoms with E-state index in [2.05, 4.69) is 5.32 Å². The summed E-state index contributed by atoms with van der Waals surface area (Å²) in [4.78, 5) is 11.0. The Morgan fingerprint density at radius 3 is 2.52 bits per heavy atom. The largest absolute Gasteiger partial charge is 0.479 e. The van der Waals surface area contributed by atoms with Gasteiger partial charge in [-0.3, -0.25) is 0 Å². The van der Waals surface area contributed by atoms with Gasteiger partial charge in [0.05, 0.1) is 0 Å². The fourth-order valence-corrected chi connectivity index (χ4v) is 2.01. The van der Waals surface area contributed by atoms with E-state index in [1.165, 1.54) is 12.1 Å². The minimum atomic E-state index is -1.24. The maximum atomic E-state index is 13.9. The Labute approximate surface area is 122 Å². The number of ether oxygens (including phenoxy) is 1. The summed E-state index contributed by atoms with van der Waals surface area (Å²) in [6.45, 7) is 2.16. The van der Waals surface area contributed by atoms with Gasteiger partial charge < -0.3 is 15.2 Å². The van der Waals surface area contributed by atoms with Crippen LogP contribution in [0.1, 0.15) is 38.2 Å². The molecule has 1 fully saturated rings. The molecule has 116 valence electrons. The second-order valence-corrected chi connectivity index (χ2v) is 5.28. The summed E-state index contributed by atoms with van der Waals surface area (Å²) in [5.41, 5.74) is 0.478. The van der Waals surface area contributed by atoms with Crippen LogP contribution in [0.25, 0.3) is 0 Å². The molecule has 4 nitrogen and oxygen atoms in total. The van der Waals surface area contributed by atoms with Crippen LogP contribution >= 0.6 is 0 Å². The van der Waals surface area contributed by atoms with Crippen molar-refractivity contribution >= 4 is 5.97 Å². The lowest BCUT2D eigenvalue weighted by atomic mass is 10.1. The zero-order valence-electron chi connectivity index (χ0n) is 11.9. The highest BCUT2D eigenvalue weighted by molar-refractivity contribution is 5.72.